The maximum atomic E-state index is 12.2. The first-order valence-corrected chi connectivity index (χ1v) is 6.84. The van der Waals surface area contributed by atoms with Crippen molar-refractivity contribution >= 4 is 21.4 Å². The van der Waals surface area contributed by atoms with Gasteiger partial charge in [0.1, 0.15) is 5.02 Å². The Morgan fingerprint density at radius 1 is 1.22 bits per heavy atom. The van der Waals surface area contributed by atoms with Crippen molar-refractivity contribution in [3.63, 3.8) is 0 Å². The van der Waals surface area contributed by atoms with E-state index in [9.17, 15) is 13.2 Å². The van der Waals surface area contributed by atoms with Crippen LogP contribution < -0.4 is 5.56 Å². The normalized spacial score (nSPS) is 11.4. The van der Waals surface area contributed by atoms with Crippen LogP contribution in [0.3, 0.4) is 0 Å². The van der Waals surface area contributed by atoms with Gasteiger partial charge in [-0.25, -0.2) is 13.4 Å². The van der Waals surface area contributed by atoms with E-state index >= 15 is 0 Å². The predicted octanol–water partition coefficient (Wildman–Crippen LogP) is 1.56. The lowest BCUT2D eigenvalue weighted by molar-refractivity contribution is 0.591. The van der Waals surface area contributed by atoms with E-state index in [1.54, 1.807) is 12.1 Å². The summed E-state index contributed by atoms with van der Waals surface area (Å²) < 4.78 is 24.4. The molecule has 1 heterocycles. The molecule has 2 rings (SSSR count). The maximum Gasteiger partial charge on any atom is 0.270 e. The van der Waals surface area contributed by atoms with Crippen LogP contribution in [0.4, 0.5) is 0 Å². The number of sulfone groups is 1. The van der Waals surface area contributed by atoms with Gasteiger partial charge in [-0.3, -0.25) is 4.79 Å². The topological polar surface area (TPSA) is 79.9 Å². The number of aromatic nitrogens is 2. The number of nitrogens with zero attached hydrogens (tertiary/aromatic N) is 1. The van der Waals surface area contributed by atoms with Crippen molar-refractivity contribution in [1.82, 2.24) is 9.97 Å². The molecule has 0 radical (unpaired) electrons. The number of H-pyrrole nitrogens is 1. The second kappa shape index (κ2) is 4.55. The number of aromatic amines is 1. The maximum absolute atomic E-state index is 12.2. The zero-order chi connectivity index (χ0) is 13.3. The average molecular weight is 285 g/mol. The molecule has 1 aromatic heterocycles. The predicted molar refractivity (Wildman–Crippen MR) is 66.5 cm³/mol. The Morgan fingerprint density at radius 3 is 2.44 bits per heavy atom. The van der Waals surface area contributed by atoms with Gasteiger partial charge in [0.2, 0.25) is 9.84 Å². The molecule has 7 heteroatoms. The Kier molecular flexibility index (Phi) is 3.23. The van der Waals surface area contributed by atoms with Crippen LogP contribution in [0.1, 0.15) is 5.56 Å². The molecule has 18 heavy (non-hydrogen) atoms. The number of hydrogen-bond donors (Lipinski definition) is 1. The van der Waals surface area contributed by atoms with Crippen LogP contribution in [-0.2, 0) is 9.84 Å². The first-order valence-electron chi connectivity index (χ1n) is 4.98. The lowest BCUT2D eigenvalue weighted by Gasteiger charge is -2.04. The number of hydrogen-bond acceptors (Lipinski definition) is 4. The minimum absolute atomic E-state index is 0.0492. The number of rotatable bonds is 2. The molecule has 0 amide bonds. The van der Waals surface area contributed by atoms with Gasteiger partial charge in [-0.05, 0) is 19.1 Å². The summed E-state index contributed by atoms with van der Waals surface area (Å²) >= 11 is 5.67. The highest BCUT2D eigenvalue weighted by atomic mass is 35.5. The molecule has 94 valence electrons. The molecule has 0 atom stereocenters. The van der Waals surface area contributed by atoms with Crippen LogP contribution in [0.2, 0.25) is 5.02 Å². The number of halogens is 1. The average Bonchev–Trinajstić information content (AvgIpc) is 2.33. The molecule has 0 aliphatic carbocycles. The molecule has 0 aliphatic heterocycles. The van der Waals surface area contributed by atoms with Crippen LogP contribution in [0, 0.1) is 6.92 Å². The van der Waals surface area contributed by atoms with Gasteiger partial charge in [-0.1, -0.05) is 29.3 Å². The van der Waals surface area contributed by atoms with E-state index in [1.165, 1.54) is 12.1 Å². The molecule has 5 nitrogen and oxygen atoms in total. The molecule has 0 spiro atoms. The van der Waals surface area contributed by atoms with Crippen molar-refractivity contribution in [1.29, 1.82) is 0 Å². The van der Waals surface area contributed by atoms with Gasteiger partial charge in [-0.15, -0.1) is 0 Å². The van der Waals surface area contributed by atoms with Gasteiger partial charge in [-0.2, -0.15) is 0 Å². The van der Waals surface area contributed by atoms with Crippen LogP contribution in [-0.4, -0.2) is 18.4 Å². The van der Waals surface area contributed by atoms with E-state index in [1.807, 2.05) is 6.92 Å². The quantitative estimate of drug-likeness (QED) is 0.849. The molecule has 0 bridgehead atoms. The van der Waals surface area contributed by atoms with Crippen LogP contribution in [0.5, 0.6) is 0 Å². The smallest absolute Gasteiger partial charge is 0.270 e. The minimum atomic E-state index is -3.87. The molecule has 0 saturated heterocycles. The molecule has 0 saturated carbocycles. The van der Waals surface area contributed by atoms with Gasteiger partial charge in [0.25, 0.3) is 5.56 Å². The highest BCUT2D eigenvalue weighted by Crippen LogP contribution is 2.22. The van der Waals surface area contributed by atoms with E-state index in [-0.39, 0.29) is 4.90 Å². The summed E-state index contributed by atoms with van der Waals surface area (Å²) in [6, 6.07) is 6.22. The first-order chi connectivity index (χ1) is 8.43. The highest BCUT2D eigenvalue weighted by Gasteiger charge is 2.23. The van der Waals surface area contributed by atoms with E-state index < -0.39 is 25.4 Å². The number of aryl methyl sites for hydroxylation is 1. The van der Waals surface area contributed by atoms with Crippen molar-refractivity contribution in [2.45, 2.75) is 16.8 Å². The SMILES string of the molecule is Cc1ccc(S(=O)(=O)c2nc[nH]c(=O)c2Cl)cc1. The molecule has 2 aromatic rings. The lowest BCUT2D eigenvalue weighted by Crippen LogP contribution is -2.14. The summed E-state index contributed by atoms with van der Waals surface area (Å²) in [4.78, 5) is 17.2. The molecule has 1 aromatic carbocycles. The fourth-order valence-corrected chi connectivity index (χ4v) is 3.03. The van der Waals surface area contributed by atoms with Gasteiger partial charge >= 0.3 is 0 Å². The summed E-state index contributed by atoms with van der Waals surface area (Å²) in [5.74, 6) is 0. The summed E-state index contributed by atoms with van der Waals surface area (Å²) in [5, 5.41) is -0.866. The van der Waals surface area contributed by atoms with E-state index in [0.717, 1.165) is 11.9 Å². The summed E-state index contributed by atoms with van der Waals surface area (Å²) in [5.41, 5.74) is 0.247. The first kappa shape index (κ1) is 12.8. The Balaban J connectivity index is 2.66. The second-order valence-electron chi connectivity index (χ2n) is 3.67. The largest absolute Gasteiger partial charge is 0.312 e. The van der Waals surface area contributed by atoms with Gasteiger partial charge in [0, 0.05) is 0 Å². The summed E-state index contributed by atoms with van der Waals surface area (Å²) in [7, 11) is -3.87. The van der Waals surface area contributed by atoms with Gasteiger partial charge in [0.05, 0.1) is 11.2 Å². The zero-order valence-electron chi connectivity index (χ0n) is 9.34. The molecule has 0 aliphatic rings. The second-order valence-corrected chi connectivity index (χ2v) is 5.91. The Morgan fingerprint density at radius 2 is 1.83 bits per heavy atom. The Bertz CT molecular complexity index is 736. The fourth-order valence-electron chi connectivity index (χ4n) is 1.38. The molecule has 0 fully saturated rings. The van der Waals surface area contributed by atoms with Gasteiger partial charge in [0.15, 0.2) is 5.03 Å². The molecule has 0 unspecified atom stereocenters. The summed E-state index contributed by atoms with van der Waals surface area (Å²) in [6.45, 7) is 1.84. The zero-order valence-corrected chi connectivity index (χ0v) is 10.9. The standard InChI is InChI=1S/C11H9ClN2O3S/c1-7-2-4-8(5-3-7)18(16,17)11-9(12)10(15)13-6-14-11/h2-6H,1H3,(H,13,14,15). The third-order valence-corrected chi connectivity index (χ3v) is 4.52. The van der Waals surface area contributed by atoms with Crippen molar-refractivity contribution in [2.24, 2.45) is 0 Å². The van der Waals surface area contributed by atoms with E-state index in [0.29, 0.717) is 0 Å². The molecule has 1 N–H and O–H groups in total. The summed E-state index contributed by atoms with van der Waals surface area (Å²) in [6.07, 6.45) is 1.01. The van der Waals surface area contributed by atoms with Gasteiger partial charge < -0.3 is 4.98 Å². The fraction of sp³-hybridized carbons (Fsp3) is 0.0909. The van der Waals surface area contributed by atoms with Crippen molar-refractivity contribution in [3.05, 3.63) is 51.5 Å². The molecular formula is C11H9ClN2O3S. The van der Waals surface area contributed by atoms with E-state index in [2.05, 4.69) is 9.97 Å². The molecular weight excluding hydrogens is 276 g/mol. The highest BCUT2D eigenvalue weighted by molar-refractivity contribution is 7.91. The number of nitrogens with one attached hydrogen (secondary N) is 1. The third-order valence-electron chi connectivity index (χ3n) is 2.35. The van der Waals surface area contributed by atoms with Crippen LogP contribution in [0.25, 0.3) is 0 Å². The minimum Gasteiger partial charge on any atom is -0.312 e. The van der Waals surface area contributed by atoms with Crippen LogP contribution >= 0.6 is 11.6 Å². The van der Waals surface area contributed by atoms with Crippen molar-refractivity contribution < 1.29 is 8.42 Å². The Labute approximate surface area is 108 Å². The third kappa shape index (κ3) is 2.16. The van der Waals surface area contributed by atoms with Crippen LogP contribution in [0.15, 0.2) is 45.3 Å². The van der Waals surface area contributed by atoms with E-state index in [4.69, 9.17) is 11.6 Å². The monoisotopic (exact) mass is 284 g/mol. The number of benzene rings is 1. The van der Waals surface area contributed by atoms with Crippen molar-refractivity contribution in [3.8, 4) is 0 Å². The Hall–Kier alpha value is -1.66. The van der Waals surface area contributed by atoms with Crippen molar-refractivity contribution in [2.75, 3.05) is 0 Å². The lowest BCUT2D eigenvalue weighted by atomic mass is 10.2.